The van der Waals surface area contributed by atoms with Crippen molar-refractivity contribution in [2.24, 2.45) is 5.73 Å². The van der Waals surface area contributed by atoms with E-state index >= 15 is 0 Å². The maximum absolute atomic E-state index is 11.1. The van der Waals surface area contributed by atoms with Crippen molar-refractivity contribution >= 4 is 29.2 Å². The lowest BCUT2D eigenvalue weighted by molar-refractivity contribution is -0.142. The average molecular weight is 234 g/mol. The lowest BCUT2D eigenvalue weighted by Crippen LogP contribution is -2.22. The molecule has 0 spiro atoms. The highest BCUT2D eigenvalue weighted by molar-refractivity contribution is 6.33. The minimum absolute atomic E-state index is 0.396. The molecule has 0 aliphatic heterocycles. The summed E-state index contributed by atoms with van der Waals surface area (Å²) in [5, 5.41) is 0.871. The maximum Gasteiger partial charge on any atom is 0.327 e. The lowest BCUT2D eigenvalue weighted by atomic mass is 10.1. The molecule has 76 valence electrons. The first-order valence-electron chi connectivity index (χ1n) is 3.84. The largest absolute Gasteiger partial charge is 0.468 e. The van der Waals surface area contributed by atoms with Crippen LogP contribution in [-0.4, -0.2) is 13.1 Å². The monoisotopic (exact) mass is 233 g/mol. The van der Waals surface area contributed by atoms with E-state index in [4.69, 9.17) is 28.9 Å². The van der Waals surface area contributed by atoms with E-state index < -0.39 is 12.0 Å². The summed E-state index contributed by atoms with van der Waals surface area (Å²) in [5.41, 5.74) is 6.07. The summed E-state index contributed by atoms with van der Waals surface area (Å²) in [7, 11) is 1.26. The molecule has 0 radical (unpaired) electrons. The standard InChI is InChI=1S/C9H9Cl2NO2/c1-14-9(13)8(12)6-4-5(10)2-3-7(6)11/h2-4,8H,12H2,1H3/t8-/m1/s1. The van der Waals surface area contributed by atoms with Crippen LogP contribution >= 0.6 is 23.2 Å². The minimum atomic E-state index is -0.897. The lowest BCUT2D eigenvalue weighted by Gasteiger charge is -2.11. The van der Waals surface area contributed by atoms with E-state index in [2.05, 4.69) is 4.74 Å². The number of halogens is 2. The van der Waals surface area contributed by atoms with Crippen molar-refractivity contribution in [1.82, 2.24) is 0 Å². The fourth-order valence-corrected chi connectivity index (χ4v) is 1.42. The van der Waals surface area contributed by atoms with Crippen molar-refractivity contribution in [2.75, 3.05) is 7.11 Å². The van der Waals surface area contributed by atoms with Crippen molar-refractivity contribution in [3.05, 3.63) is 33.8 Å². The molecule has 0 fully saturated rings. The summed E-state index contributed by atoms with van der Waals surface area (Å²) in [4.78, 5) is 11.1. The predicted octanol–water partition coefficient (Wildman–Crippen LogP) is 2.17. The Kier molecular flexibility index (Phi) is 3.75. The van der Waals surface area contributed by atoms with Crippen molar-refractivity contribution in [3.8, 4) is 0 Å². The zero-order valence-corrected chi connectivity index (χ0v) is 8.97. The number of hydrogen-bond acceptors (Lipinski definition) is 3. The Morgan fingerprint density at radius 2 is 2.14 bits per heavy atom. The van der Waals surface area contributed by atoms with Crippen LogP contribution < -0.4 is 5.73 Å². The fraction of sp³-hybridized carbons (Fsp3) is 0.222. The molecular formula is C9H9Cl2NO2. The van der Waals surface area contributed by atoms with Gasteiger partial charge >= 0.3 is 5.97 Å². The molecule has 5 heteroatoms. The van der Waals surface area contributed by atoms with Gasteiger partial charge in [-0.3, -0.25) is 4.79 Å². The van der Waals surface area contributed by atoms with Crippen LogP contribution in [-0.2, 0) is 9.53 Å². The van der Waals surface area contributed by atoms with Gasteiger partial charge in [-0.15, -0.1) is 0 Å². The second kappa shape index (κ2) is 4.64. The normalized spacial score (nSPS) is 12.3. The molecule has 0 heterocycles. The molecule has 1 rings (SSSR count). The van der Waals surface area contributed by atoms with Crippen LogP contribution in [0.2, 0.25) is 10.0 Å². The van der Waals surface area contributed by atoms with Gasteiger partial charge in [-0.05, 0) is 18.2 Å². The van der Waals surface area contributed by atoms with Crippen molar-refractivity contribution < 1.29 is 9.53 Å². The number of ether oxygens (including phenoxy) is 1. The van der Waals surface area contributed by atoms with Crippen molar-refractivity contribution in [3.63, 3.8) is 0 Å². The van der Waals surface area contributed by atoms with Gasteiger partial charge < -0.3 is 10.5 Å². The Bertz CT molecular complexity index is 355. The smallest absolute Gasteiger partial charge is 0.327 e. The highest BCUT2D eigenvalue weighted by Crippen LogP contribution is 2.25. The number of rotatable bonds is 2. The van der Waals surface area contributed by atoms with E-state index in [0.717, 1.165) is 0 Å². The van der Waals surface area contributed by atoms with Crippen LogP contribution in [0.3, 0.4) is 0 Å². The molecule has 0 aromatic heterocycles. The van der Waals surface area contributed by atoms with Gasteiger partial charge in [-0.25, -0.2) is 0 Å². The predicted molar refractivity (Wildman–Crippen MR) is 55.4 cm³/mol. The Morgan fingerprint density at radius 1 is 1.50 bits per heavy atom. The first kappa shape index (κ1) is 11.3. The maximum atomic E-state index is 11.1. The molecule has 1 aromatic rings. The Labute approximate surface area is 91.7 Å². The molecule has 0 bridgehead atoms. The molecule has 14 heavy (non-hydrogen) atoms. The van der Waals surface area contributed by atoms with E-state index in [9.17, 15) is 4.79 Å². The zero-order valence-electron chi connectivity index (χ0n) is 7.46. The number of carbonyl (C=O) groups excluding carboxylic acids is 1. The van der Waals surface area contributed by atoms with E-state index in [0.29, 0.717) is 15.6 Å². The molecule has 0 amide bonds. The highest BCUT2D eigenvalue weighted by atomic mass is 35.5. The molecular weight excluding hydrogens is 225 g/mol. The minimum Gasteiger partial charge on any atom is -0.468 e. The number of carbonyl (C=O) groups is 1. The second-order valence-corrected chi connectivity index (χ2v) is 3.51. The van der Waals surface area contributed by atoms with E-state index in [1.54, 1.807) is 18.2 Å². The third-order valence-electron chi connectivity index (χ3n) is 1.75. The van der Waals surface area contributed by atoms with Crippen molar-refractivity contribution in [1.29, 1.82) is 0 Å². The van der Waals surface area contributed by atoms with Gasteiger partial charge in [0.25, 0.3) is 0 Å². The first-order chi connectivity index (χ1) is 6.56. The van der Waals surface area contributed by atoms with Crippen LogP contribution in [0.4, 0.5) is 0 Å². The molecule has 3 nitrogen and oxygen atoms in total. The average Bonchev–Trinajstić information content (AvgIpc) is 2.19. The van der Waals surface area contributed by atoms with Crippen LogP contribution in [0.15, 0.2) is 18.2 Å². The quantitative estimate of drug-likeness (QED) is 0.797. The number of esters is 1. The SMILES string of the molecule is COC(=O)[C@H](N)c1cc(Cl)ccc1Cl. The fourth-order valence-electron chi connectivity index (χ4n) is 1.01. The summed E-state index contributed by atoms with van der Waals surface area (Å²) >= 11 is 11.6. The van der Waals surface area contributed by atoms with Gasteiger partial charge in [0.1, 0.15) is 6.04 Å². The summed E-state index contributed by atoms with van der Waals surface area (Å²) in [6.07, 6.45) is 0. The molecule has 0 saturated carbocycles. The summed E-state index contributed by atoms with van der Waals surface area (Å²) in [6, 6.07) is 3.86. The molecule has 1 atom stereocenters. The van der Waals surface area contributed by atoms with Gasteiger partial charge in [0.05, 0.1) is 7.11 Å². The van der Waals surface area contributed by atoms with E-state index in [-0.39, 0.29) is 0 Å². The van der Waals surface area contributed by atoms with Gasteiger partial charge in [0.15, 0.2) is 0 Å². The van der Waals surface area contributed by atoms with Crippen LogP contribution in [0.5, 0.6) is 0 Å². The Balaban J connectivity index is 3.05. The number of nitrogens with two attached hydrogens (primary N) is 1. The topological polar surface area (TPSA) is 52.3 Å². The second-order valence-electron chi connectivity index (χ2n) is 2.67. The third kappa shape index (κ3) is 2.38. The first-order valence-corrected chi connectivity index (χ1v) is 4.60. The third-order valence-corrected chi connectivity index (χ3v) is 2.33. The van der Waals surface area contributed by atoms with E-state index in [1.165, 1.54) is 7.11 Å². The Hall–Kier alpha value is -0.770. The van der Waals surface area contributed by atoms with Gasteiger partial charge in [0.2, 0.25) is 0 Å². The highest BCUT2D eigenvalue weighted by Gasteiger charge is 2.19. The number of methoxy groups -OCH3 is 1. The molecule has 1 aromatic carbocycles. The van der Waals surface area contributed by atoms with Gasteiger partial charge in [-0.2, -0.15) is 0 Å². The number of hydrogen-bond donors (Lipinski definition) is 1. The summed E-state index contributed by atoms with van der Waals surface area (Å²) in [6.45, 7) is 0. The summed E-state index contributed by atoms with van der Waals surface area (Å²) in [5.74, 6) is -0.547. The van der Waals surface area contributed by atoms with Crippen molar-refractivity contribution in [2.45, 2.75) is 6.04 Å². The van der Waals surface area contributed by atoms with Crippen LogP contribution in [0.1, 0.15) is 11.6 Å². The Morgan fingerprint density at radius 3 is 2.71 bits per heavy atom. The molecule has 2 N–H and O–H groups in total. The van der Waals surface area contributed by atoms with Crippen LogP contribution in [0, 0.1) is 0 Å². The van der Waals surface area contributed by atoms with Crippen LogP contribution in [0.25, 0.3) is 0 Å². The van der Waals surface area contributed by atoms with E-state index in [1.807, 2.05) is 0 Å². The van der Waals surface area contributed by atoms with Gasteiger partial charge in [-0.1, -0.05) is 23.2 Å². The molecule has 0 saturated heterocycles. The van der Waals surface area contributed by atoms with Gasteiger partial charge in [0, 0.05) is 15.6 Å². The zero-order chi connectivity index (χ0) is 10.7. The molecule has 0 aliphatic carbocycles. The molecule has 0 aliphatic rings. The summed E-state index contributed by atoms with van der Waals surface area (Å²) < 4.78 is 4.50. The molecule has 0 unspecified atom stereocenters. The number of benzene rings is 1.